The Balaban J connectivity index is 2.73. The standard InChI is InChI=1S/C12H18N6O2S/c1-7(2)12(4,6-13)15-9(19)5-21-11-17-16-8(3)10(20)18(11)14/h7H,5,14H2,1-4H3,(H,15,19). The maximum Gasteiger partial charge on any atom is 0.294 e. The van der Waals surface area contributed by atoms with Gasteiger partial charge in [0.1, 0.15) is 11.2 Å². The van der Waals surface area contributed by atoms with Gasteiger partial charge < -0.3 is 11.2 Å². The van der Waals surface area contributed by atoms with Gasteiger partial charge in [0.2, 0.25) is 11.1 Å². The molecule has 0 spiro atoms. The predicted octanol–water partition coefficient (Wildman–Crippen LogP) is -0.193. The summed E-state index contributed by atoms with van der Waals surface area (Å²) in [5.74, 6) is 5.17. The average molecular weight is 310 g/mol. The Morgan fingerprint density at radius 1 is 1.57 bits per heavy atom. The van der Waals surface area contributed by atoms with Gasteiger partial charge in [-0.1, -0.05) is 25.6 Å². The van der Waals surface area contributed by atoms with Crippen LogP contribution < -0.4 is 16.7 Å². The molecule has 9 heteroatoms. The van der Waals surface area contributed by atoms with Gasteiger partial charge in [-0.15, -0.1) is 10.2 Å². The number of hydrogen-bond acceptors (Lipinski definition) is 7. The lowest BCUT2D eigenvalue weighted by molar-refractivity contribution is -0.120. The van der Waals surface area contributed by atoms with E-state index in [2.05, 4.69) is 21.6 Å². The Bertz CT molecular complexity index is 636. The van der Waals surface area contributed by atoms with Gasteiger partial charge in [0.15, 0.2) is 0 Å². The smallest absolute Gasteiger partial charge is 0.294 e. The van der Waals surface area contributed by atoms with Crippen LogP contribution in [0.15, 0.2) is 9.95 Å². The van der Waals surface area contributed by atoms with Crippen molar-refractivity contribution < 1.29 is 4.79 Å². The van der Waals surface area contributed by atoms with Gasteiger partial charge in [0.25, 0.3) is 5.56 Å². The molecule has 0 fully saturated rings. The normalized spacial score (nSPS) is 13.5. The van der Waals surface area contributed by atoms with Crippen molar-refractivity contribution in [1.82, 2.24) is 20.2 Å². The second kappa shape index (κ2) is 6.58. The van der Waals surface area contributed by atoms with Crippen molar-refractivity contribution in [3.8, 4) is 6.07 Å². The van der Waals surface area contributed by atoms with Crippen LogP contribution in [-0.4, -0.2) is 32.1 Å². The number of nitrogens with one attached hydrogen (secondary N) is 1. The first-order valence-corrected chi connectivity index (χ1v) is 7.26. The molecule has 0 aliphatic carbocycles. The first-order chi connectivity index (χ1) is 9.71. The van der Waals surface area contributed by atoms with E-state index in [4.69, 9.17) is 11.1 Å². The minimum absolute atomic E-state index is 0.0155. The van der Waals surface area contributed by atoms with Crippen LogP contribution in [0.2, 0.25) is 0 Å². The van der Waals surface area contributed by atoms with E-state index in [1.165, 1.54) is 6.92 Å². The third kappa shape index (κ3) is 3.95. The van der Waals surface area contributed by atoms with Crippen LogP contribution in [-0.2, 0) is 4.79 Å². The van der Waals surface area contributed by atoms with Gasteiger partial charge in [-0.25, -0.2) is 0 Å². The number of carbonyl (C=O) groups is 1. The van der Waals surface area contributed by atoms with Crippen molar-refractivity contribution in [1.29, 1.82) is 5.26 Å². The van der Waals surface area contributed by atoms with Crippen LogP contribution in [0.1, 0.15) is 26.5 Å². The van der Waals surface area contributed by atoms with E-state index in [0.717, 1.165) is 16.4 Å². The largest absolute Gasteiger partial charge is 0.337 e. The number of aryl methyl sites for hydroxylation is 1. The number of nitrogens with two attached hydrogens (primary N) is 1. The number of nitrogens with zero attached hydrogens (tertiary/aromatic N) is 4. The second-order valence-corrected chi connectivity index (χ2v) is 5.99. The summed E-state index contributed by atoms with van der Waals surface area (Å²) in [7, 11) is 0. The molecule has 0 saturated heterocycles. The quantitative estimate of drug-likeness (QED) is 0.570. The molecule has 0 saturated carbocycles. The lowest BCUT2D eigenvalue weighted by atomic mass is 9.90. The zero-order chi connectivity index (χ0) is 16.2. The molecule has 0 aliphatic rings. The fraction of sp³-hybridized carbons (Fsp3) is 0.583. The first-order valence-electron chi connectivity index (χ1n) is 6.27. The number of aromatic nitrogens is 3. The van der Waals surface area contributed by atoms with E-state index in [-0.39, 0.29) is 28.4 Å². The summed E-state index contributed by atoms with van der Waals surface area (Å²) >= 11 is 0.984. The van der Waals surface area contributed by atoms with Crippen LogP contribution in [0.25, 0.3) is 0 Å². The maximum absolute atomic E-state index is 11.9. The number of rotatable bonds is 5. The van der Waals surface area contributed by atoms with Gasteiger partial charge in [0.05, 0.1) is 11.8 Å². The van der Waals surface area contributed by atoms with Gasteiger partial charge in [0, 0.05) is 0 Å². The van der Waals surface area contributed by atoms with Crippen LogP contribution in [0.4, 0.5) is 0 Å². The van der Waals surface area contributed by atoms with Gasteiger partial charge in [-0.2, -0.15) is 9.94 Å². The van der Waals surface area contributed by atoms with E-state index < -0.39 is 11.1 Å². The summed E-state index contributed by atoms with van der Waals surface area (Å²) in [4.78, 5) is 23.5. The minimum atomic E-state index is -0.945. The highest BCUT2D eigenvalue weighted by molar-refractivity contribution is 7.99. The number of nitrogen functional groups attached to an aromatic ring is 1. The molecule has 8 nitrogen and oxygen atoms in total. The zero-order valence-electron chi connectivity index (χ0n) is 12.4. The van der Waals surface area contributed by atoms with E-state index in [1.807, 2.05) is 13.8 Å². The molecule has 1 heterocycles. The maximum atomic E-state index is 11.9. The molecule has 1 unspecified atom stereocenters. The van der Waals surface area contributed by atoms with Crippen LogP contribution >= 0.6 is 11.8 Å². The zero-order valence-corrected chi connectivity index (χ0v) is 13.2. The van der Waals surface area contributed by atoms with Crippen molar-refractivity contribution in [2.75, 3.05) is 11.6 Å². The third-order valence-electron chi connectivity index (χ3n) is 3.14. The molecular weight excluding hydrogens is 292 g/mol. The molecule has 1 atom stereocenters. The van der Waals surface area contributed by atoms with Crippen molar-refractivity contribution in [2.24, 2.45) is 5.92 Å². The van der Waals surface area contributed by atoms with Crippen LogP contribution in [0.5, 0.6) is 0 Å². The Kier molecular flexibility index (Phi) is 5.32. The summed E-state index contributed by atoms with van der Waals surface area (Å²) in [6, 6.07) is 2.09. The first kappa shape index (κ1) is 17.0. The third-order valence-corrected chi connectivity index (χ3v) is 4.08. The number of thioether (sulfide) groups is 1. The van der Waals surface area contributed by atoms with Crippen molar-refractivity contribution >= 4 is 17.7 Å². The van der Waals surface area contributed by atoms with Gasteiger partial charge >= 0.3 is 0 Å². The highest BCUT2D eigenvalue weighted by atomic mass is 32.2. The number of hydrogen-bond donors (Lipinski definition) is 2. The Labute approximate surface area is 126 Å². The molecule has 0 bridgehead atoms. The summed E-state index contributed by atoms with van der Waals surface area (Å²) in [5.41, 5.74) is -1.22. The SMILES string of the molecule is Cc1nnc(SCC(=O)NC(C)(C#N)C(C)C)n(N)c1=O. The summed E-state index contributed by atoms with van der Waals surface area (Å²) in [6.45, 7) is 6.85. The molecule has 1 aromatic heterocycles. The molecule has 0 aliphatic heterocycles. The molecule has 1 aromatic rings. The van der Waals surface area contributed by atoms with E-state index >= 15 is 0 Å². The Morgan fingerprint density at radius 2 is 2.19 bits per heavy atom. The Hall–Kier alpha value is -2.08. The topological polar surface area (TPSA) is 127 Å². The number of nitriles is 1. The van der Waals surface area contributed by atoms with E-state index in [1.54, 1.807) is 6.92 Å². The second-order valence-electron chi connectivity index (χ2n) is 5.05. The highest BCUT2D eigenvalue weighted by Gasteiger charge is 2.29. The summed E-state index contributed by atoms with van der Waals surface area (Å²) < 4.78 is 0.853. The van der Waals surface area contributed by atoms with Gasteiger partial charge in [-0.05, 0) is 19.8 Å². The molecule has 114 valence electrons. The molecule has 3 N–H and O–H groups in total. The summed E-state index contributed by atoms with van der Waals surface area (Å²) in [6.07, 6.45) is 0. The lowest BCUT2D eigenvalue weighted by Crippen LogP contribution is -2.49. The molecular formula is C12H18N6O2S. The molecule has 1 amide bonds. The lowest BCUT2D eigenvalue weighted by Gasteiger charge is -2.27. The van der Waals surface area contributed by atoms with Crippen LogP contribution in [0, 0.1) is 24.2 Å². The molecule has 0 aromatic carbocycles. The van der Waals surface area contributed by atoms with Crippen molar-refractivity contribution in [3.63, 3.8) is 0 Å². The summed E-state index contributed by atoms with van der Waals surface area (Å²) in [5, 5.41) is 19.4. The average Bonchev–Trinajstić information content (AvgIpc) is 2.43. The van der Waals surface area contributed by atoms with Crippen LogP contribution in [0.3, 0.4) is 0 Å². The van der Waals surface area contributed by atoms with Crippen molar-refractivity contribution in [3.05, 3.63) is 16.0 Å². The monoisotopic (exact) mass is 310 g/mol. The number of amides is 1. The molecule has 21 heavy (non-hydrogen) atoms. The molecule has 0 radical (unpaired) electrons. The fourth-order valence-corrected chi connectivity index (χ4v) is 1.98. The minimum Gasteiger partial charge on any atom is -0.337 e. The highest BCUT2D eigenvalue weighted by Crippen LogP contribution is 2.16. The predicted molar refractivity (Wildman–Crippen MR) is 78.9 cm³/mol. The fourth-order valence-electron chi connectivity index (χ4n) is 1.33. The van der Waals surface area contributed by atoms with E-state index in [9.17, 15) is 9.59 Å². The van der Waals surface area contributed by atoms with E-state index in [0.29, 0.717) is 0 Å². The Morgan fingerprint density at radius 3 is 2.71 bits per heavy atom. The number of carbonyl (C=O) groups excluding carboxylic acids is 1. The van der Waals surface area contributed by atoms with Crippen molar-refractivity contribution in [2.45, 2.75) is 38.4 Å². The molecule has 1 rings (SSSR count). The van der Waals surface area contributed by atoms with Gasteiger partial charge in [-0.3, -0.25) is 9.59 Å².